The van der Waals surface area contributed by atoms with Crippen LogP contribution in [0.25, 0.3) is 0 Å². The first-order valence-corrected chi connectivity index (χ1v) is 30.1. The minimum atomic E-state index is -1.66. The molecule has 0 aliphatic carbocycles. The van der Waals surface area contributed by atoms with E-state index in [-0.39, 0.29) is 12.8 Å². The molecular weight excluding hydrogens is 883 g/mol. The minimum absolute atomic E-state index is 0.258. The molecular formula is C59H115NO10. The standard InChI is InChI=1S/C59H115NO10/c1-3-5-7-9-11-13-15-17-18-19-20-21-22-23-24-25-26-27-28-29-30-31-32-33-34-35-37-38-40-42-44-46-51(62)54(64)50(49-69-59-57(67)56(66)55(65)53(48-61)70-59)60-58(68)52(63)47-45-43-41-39-36-16-14-12-10-8-6-4-2/h38,40,50-57,59,61-67H,3-37,39,41-49H2,1-2H3,(H,60,68)/b40-38+. The molecule has 1 saturated heterocycles. The average Bonchev–Trinajstić information content (AvgIpc) is 3.36. The fourth-order valence-corrected chi connectivity index (χ4v) is 9.92. The Kier molecular flexibility index (Phi) is 46.6. The third kappa shape index (κ3) is 36.7. The van der Waals surface area contributed by atoms with Crippen LogP contribution < -0.4 is 5.32 Å². The molecule has 0 radical (unpaired) electrons. The molecule has 0 spiro atoms. The zero-order valence-corrected chi connectivity index (χ0v) is 45.5. The number of nitrogens with one attached hydrogen (secondary N) is 1. The van der Waals surface area contributed by atoms with Crippen LogP contribution in [-0.4, -0.2) is 110 Å². The summed E-state index contributed by atoms with van der Waals surface area (Å²) in [5, 5.41) is 76.0. The van der Waals surface area contributed by atoms with Crippen molar-refractivity contribution in [2.24, 2.45) is 0 Å². The van der Waals surface area contributed by atoms with Gasteiger partial charge in [-0.25, -0.2) is 0 Å². The van der Waals surface area contributed by atoms with E-state index >= 15 is 0 Å². The summed E-state index contributed by atoms with van der Waals surface area (Å²) < 4.78 is 11.1. The summed E-state index contributed by atoms with van der Waals surface area (Å²) >= 11 is 0. The molecule has 1 fully saturated rings. The molecule has 8 N–H and O–H groups in total. The molecule has 416 valence electrons. The Morgan fingerprint density at radius 2 is 0.843 bits per heavy atom. The molecule has 11 heteroatoms. The number of carbonyl (C=O) groups is 1. The molecule has 1 amide bonds. The van der Waals surface area contributed by atoms with Gasteiger partial charge in [-0.3, -0.25) is 4.79 Å². The molecule has 1 aliphatic heterocycles. The SMILES string of the molecule is CCCCCCCCCCCCCCCCCCCCCCCCCCCC/C=C/CCCC(O)C(O)C(COC1OC(CO)C(O)C(O)C1O)NC(=O)C(O)CCCCCCCCCCCCCC. The Labute approximate surface area is 430 Å². The predicted octanol–water partition coefficient (Wildman–Crippen LogP) is 12.7. The van der Waals surface area contributed by atoms with Gasteiger partial charge in [0, 0.05) is 0 Å². The molecule has 0 aromatic rings. The van der Waals surface area contributed by atoms with Gasteiger partial charge in [0.25, 0.3) is 0 Å². The number of amides is 1. The number of allylic oxidation sites excluding steroid dienone is 2. The highest BCUT2D eigenvalue weighted by Crippen LogP contribution is 2.23. The Morgan fingerprint density at radius 3 is 1.23 bits per heavy atom. The van der Waals surface area contributed by atoms with Gasteiger partial charge in [0.15, 0.2) is 6.29 Å². The summed E-state index contributed by atoms with van der Waals surface area (Å²) in [5.41, 5.74) is 0. The first kappa shape index (κ1) is 66.9. The van der Waals surface area contributed by atoms with Gasteiger partial charge in [-0.15, -0.1) is 0 Å². The number of hydrogen-bond donors (Lipinski definition) is 8. The zero-order valence-electron chi connectivity index (χ0n) is 45.5. The molecule has 1 aliphatic rings. The summed E-state index contributed by atoms with van der Waals surface area (Å²) in [6, 6.07) is -1.18. The Balaban J connectivity index is 2.21. The van der Waals surface area contributed by atoms with Crippen LogP contribution in [0.15, 0.2) is 12.2 Å². The molecule has 11 nitrogen and oxygen atoms in total. The van der Waals surface area contributed by atoms with Gasteiger partial charge in [-0.05, 0) is 38.5 Å². The van der Waals surface area contributed by atoms with Gasteiger partial charge < -0.3 is 50.5 Å². The maximum Gasteiger partial charge on any atom is 0.249 e. The highest BCUT2D eigenvalue weighted by Gasteiger charge is 2.44. The number of unbranched alkanes of at least 4 members (excludes halogenated alkanes) is 38. The molecule has 1 heterocycles. The number of ether oxygens (including phenoxy) is 2. The topological polar surface area (TPSA) is 189 Å². The molecule has 1 rings (SSSR count). The van der Waals surface area contributed by atoms with E-state index in [1.54, 1.807) is 0 Å². The largest absolute Gasteiger partial charge is 0.394 e. The number of aliphatic hydroxyl groups excluding tert-OH is 7. The number of hydrogen-bond acceptors (Lipinski definition) is 10. The summed E-state index contributed by atoms with van der Waals surface area (Å²) in [4.78, 5) is 13.1. The minimum Gasteiger partial charge on any atom is -0.394 e. The van der Waals surface area contributed by atoms with Crippen LogP contribution in [0.5, 0.6) is 0 Å². The fraction of sp³-hybridized carbons (Fsp3) is 0.949. The summed E-state index contributed by atoms with van der Waals surface area (Å²) in [6.07, 6.45) is 45.9. The highest BCUT2D eigenvalue weighted by atomic mass is 16.7. The normalized spacial score (nSPS) is 20.3. The van der Waals surface area contributed by atoms with E-state index in [4.69, 9.17) is 9.47 Å². The second kappa shape index (κ2) is 48.8. The van der Waals surface area contributed by atoms with E-state index in [9.17, 15) is 40.5 Å². The van der Waals surface area contributed by atoms with Gasteiger partial charge in [0.2, 0.25) is 5.91 Å². The fourth-order valence-electron chi connectivity index (χ4n) is 9.92. The quantitative estimate of drug-likeness (QED) is 0.0215. The van der Waals surface area contributed by atoms with E-state index in [1.165, 1.54) is 212 Å². The first-order chi connectivity index (χ1) is 34.2. The second-order valence-corrected chi connectivity index (χ2v) is 21.4. The van der Waals surface area contributed by atoms with Gasteiger partial charge in [0.05, 0.1) is 25.4 Å². The van der Waals surface area contributed by atoms with Crippen molar-refractivity contribution in [3.05, 3.63) is 12.2 Å². The number of aliphatic hydroxyl groups is 7. The van der Waals surface area contributed by atoms with Crippen molar-refractivity contribution in [2.75, 3.05) is 13.2 Å². The van der Waals surface area contributed by atoms with Crippen molar-refractivity contribution >= 4 is 5.91 Å². The van der Waals surface area contributed by atoms with Crippen molar-refractivity contribution in [3.8, 4) is 0 Å². The number of carbonyl (C=O) groups excluding carboxylic acids is 1. The van der Waals surface area contributed by atoms with E-state index < -0.39 is 74.2 Å². The van der Waals surface area contributed by atoms with E-state index in [0.29, 0.717) is 12.8 Å². The van der Waals surface area contributed by atoms with Crippen LogP contribution in [0.3, 0.4) is 0 Å². The third-order valence-electron chi connectivity index (χ3n) is 14.8. The van der Waals surface area contributed by atoms with E-state index in [1.807, 2.05) is 0 Å². The van der Waals surface area contributed by atoms with Gasteiger partial charge in [0.1, 0.15) is 36.6 Å². The van der Waals surface area contributed by atoms with E-state index in [2.05, 4.69) is 31.3 Å². The van der Waals surface area contributed by atoms with Crippen molar-refractivity contribution in [3.63, 3.8) is 0 Å². The molecule has 0 bridgehead atoms. The Morgan fingerprint density at radius 1 is 0.486 bits per heavy atom. The number of rotatable bonds is 52. The summed E-state index contributed by atoms with van der Waals surface area (Å²) in [5.74, 6) is -0.703. The molecule has 9 atom stereocenters. The van der Waals surface area contributed by atoms with Gasteiger partial charge >= 0.3 is 0 Å². The highest BCUT2D eigenvalue weighted by molar-refractivity contribution is 5.80. The van der Waals surface area contributed by atoms with Crippen molar-refractivity contribution in [1.29, 1.82) is 0 Å². The molecule has 0 aromatic carbocycles. The zero-order chi connectivity index (χ0) is 51.1. The van der Waals surface area contributed by atoms with Crippen molar-refractivity contribution in [1.82, 2.24) is 5.32 Å². The van der Waals surface area contributed by atoms with Crippen LogP contribution in [0.2, 0.25) is 0 Å². The molecule has 0 aromatic heterocycles. The monoisotopic (exact) mass is 998 g/mol. The second-order valence-electron chi connectivity index (χ2n) is 21.4. The van der Waals surface area contributed by atoms with Gasteiger partial charge in [-0.1, -0.05) is 264 Å². The van der Waals surface area contributed by atoms with Crippen LogP contribution >= 0.6 is 0 Å². The first-order valence-electron chi connectivity index (χ1n) is 30.1. The predicted molar refractivity (Wildman–Crippen MR) is 289 cm³/mol. The third-order valence-corrected chi connectivity index (χ3v) is 14.8. The van der Waals surface area contributed by atoms with Crippen LogP contribution in [-0.2, 0) is 14.3 Å². The summed E-state index contributed by atoms with van der Waals surface area (Å²) in [7, 11) is 0. The lowest BCUT2D eigenvalue weighted by Crippen LogP contribution is -2.60. The Bertz CT molecular complexity index is 1140. The van der Waals surface area contributed by atoms with E-state index in [0.717, 1.165) is 38.5 Å². The Hall–Kier alpha value is -1.15. The van der Waals surface area contributed by atoms with Gasteiger partial charge in [-0.2, -0.15) is 0 Å². The molecule has 9 unspecified atom stereocenters. The average molecular weight is 999 g/mol. The van der Waals surface area contributed by atoms with Crippen LogP contribution in [0, 0.1) is 0 Å². The van der Waals surface area contributed by atoms with Crippen LogP contribution in [0.1, 0.15) is 290 Å². The molecule has 0 saturated carbocycles. The lowest BCUT2D eigenvalue weighted by molar-refractivity contribution is -0.303. The van der Waals surface area contributed by atoms with Crippen molar-refractivity contribution in [2.45, 2.75) is 345 Å². The summed E-state index contributed by atoms with van der Waals surface area (Å²) in [6.45, 7) is 3.46. The smallest absolute Gasteiger partial charge is 0.249 e. The maximum atomic E-state index is 13.1. The van der Waals surface area contributed by atoms with Crippen molar-refractivity contribution < 1.29 is 50.0 Å². The molecule has 70 heavy (non-hydrogen) atoms. The van der Waals surface area contributed by atoms with Crippen LogP contribution in [0.4, 0.5) is 0 Å². The lowest BCUT2D eigenvalue weighted by Gasteiger charge is -2.40. The maximum absolute atomic E-state index is 13.1. The lowest BCUT2D eigenvalue weighted by atomic mass is 9.98.